The molecule has 1 saturated carbocycles. The monoisotopic (exact) mass is 197 g/mol. The van der Waals surface area contributed by atoms with Gasteiger partial charge in [-0.25, -0.2) is 0 Å². The van der Waals surface area contributed by atoms with Crippen LogP contribution in [-0.4, -0.2) is 10.2 Å². The summed E-state index contributed by atoms with van der Waals surface area (Å²) >= 11 is 0. The van der Waals surface area contributed by atoms with Crippen LogP contribution in [0.3, 0.4) is 0 Å². The first-order valence-electron chi connectivity index (χ1n) is 4.54. The summed E-state index contributed by atoms with van der Waals surface area (Å²) in [6.45, 7) is 0. The first-order valence-corrected chi connectivity index (χ1v) is 4.54. The van der Waals surface area contributed by atoms with E-state index in [0.29, 0.717) is 5.56 Å². The fourth-order valence-electron chi connectivity index (χ4n) is 1.78. The maximum Gasteiger partial charge on any atom is 0.206 e. The van der Waals surface area contributed by atoms with Crippen LogP contribution in [0.25, 0.3) is 0 Å². The molecule has 76 valence electrons. The average molecular weight is 197 g/mol. The first-order chi connectivity index (χ1) is 6.54. The van der Waals surface area contributed by atoms with Crippen molar-refractivity contribution >= 4 is 0 Å². The molecule has 0 heterocycles. The summed E-state index contributed by atoms with van der Waals surface area (Å²) in [5.74, 6) is -2.06. The van der Waals surface area contributed by atoms with Crippen molar-refractivity contribution in [2.75, 3.05) is 0 Å². The van der Waals surface area contributed by atoms with Crippen molar-refractivity contribution in [1.29, 1.82) is 0 Å². The summed E-state index contributed by atoms with van der Waals surface area (Å²) < 4.78 is 13.1. The molecule has 3 nitrogen and oxygen atoms in total. The number of hydrogen-bond acceptors (Lipinski definition) is 3. The molecule has 2 rings (SSSR count). The lowest BCUT2D eigenvalue weighted by molar-refractivity contribution is 0.242. The zero-order valence-electron chi connectivity index (χ0n) is 7.63. The molecule has 0 aromatic heterocycles. The van der Waals surface area contributed by atoms with E-state index in [2.05, 4.69) is 0 Å². The lowest BCUT2D eigenvalue weighted by Gasteiger charge is -2.38. The van der Waals surface area contributed by atoms with E-state index in [0.717, 1.165) is 19.3 Å². The quantitative estimate of drug-likeness (QED) is 0.640. The third-order valence-electron chi connectivity index (χ3n) is 2.88. The Hall–Kier alpha value is -1.29. The third-order valence-corrected chi connectivity index (χ3v) is 2.88. The van der Waals surface area contributed by atoms with E-state index >= 15 is 0 Å². The summed E-state index contributed by atoms with van der Waals surface area (Å²) in [5, 5.41) is 18.5. The Balaban J connectivity index is 2.49. The Kier molecular flexibility index (Phi) is 1.89. The second-order valence-corrected chi connectivity index (χ2v) is 3.80. The number of benzene rings is 1. The molecule has 1 aliphatic carbocycles. The molecule has 0 amide bonds. The van der Waals surface area contributed by atoms with E-state index in [-0.39, 0.29) is 0 Å². The maximum absolute atomic E-state index is 13.1. The Morgan fingerprint density at radius 3 is 2.43 bits per heavy atom. The van der Waals surface area contributed by atoms with Gasteiger partial charge in [-0.3, -0.25) is 0 Å². The van der Waals surface area contributed by atoms with Crippen LogP contribution >= 0.6 is 0 Å². The first kappa shape index (κ1) is 9.27. The Morgan fingerprint density at radius 1 is 1.29 bits per heavy atom. The van der Waals surface area contributed by atoms with Crippen molar-refractivity contribution in [3.8, 4) is 11.5 Å². The smallest absolute Gasteiger partial charge is 0.206 e. The van der Waals surface area contributed by atoms with Crippen LogP contribution in [0, 0.1) is 5.82 Å². The standard InChI is InChI=1S/C10H12FNO2/c11-8-7(13)3-2-6(9(8)14)10(12)4-1-5-10/h2-3,13-14H,1,4-5,12H2. The molecule has 4 heteroatoms. The molecule has 0 atom stereocenters. The van der Waals surface area contributed by atoms with Gasteiger partial charge in [0.1, 0.15) is 0 Å². The normalized spacial score (nSPS) is 19.0. The molecular weight excluding hydrogens is 185 g/mol. The summed E-state index contributed by atoms with van der Waals surface area (Å²) in [6.07, 6.45) is 2.47. The van der Waals surface area contributed by atoms with Gasteiger partial charge in [0.2, 0.25) is 5.82 Å². The van der Waals surface area contributed by atoms with Crippen molar-refractivity contribution in [2.24, 2.45) is 5.73 Å². The minimum absolute atomic E-state index is 0.388. The van der Waals surface area contributed by atoms with Crippen molar-refractivity contribution in [3.63, 3.8) is 0 Å². The highest BCUT2D eigenvalue weighted by molar-refractivity contribution is 5.45. The van der Waals surface area contributed by atoms with Gasteiger partial charge < -0.3 is 15.9 Å². The highest BCUT2D eigenvalue weighted by Crippen LogP contribution is 2.44. The Labute approximate surface area is 81.0 Å². The molecule has 0 spiro atoms. The molecule has 0 unspecified atom stereocenters. The highest BCUT2D eigenvalue weighted by atomic mass is 19.1. The molecule has 4 N–H and O–H groups in total. The molecule has 0 radical (unpaired) electrons. The number of hydrogen-bond donors (Lipinski definition) is 3. The molecule has 0 bridgehead atoms. The van der Waals surface area contributed by atoms with Crippen molar-refractivity contribution in [2.45, 2.75) is 24.8 Å². The predicted molar refractivity (Wildman–Crippen MR) is 49.4 cm³/mol. The molecule has 0 saturated heterocycles. The second kappa shape index (κ2) is 2.85. The number of halogens is 1. The fourth-order valence-corrected chi connectivity index (χ4v) is 1.78. The minimum atomic E-state index is -0.987. The Bertz CT molecular complexity index is 375. The number of aromatic hydroxyl groups is 2. The molecule has 14 heavy (non-hydrogen) atoms. The summed E-state index contributed by atoms with van der Waals surface area (Å²) in [4.78, 5) is 0. The topological polar surface area (TPSA) is 66.5 Å². The van der Waals surface area contributed by atoms with Gasteiger partial charge in [-0.15, -0.1) is 0 Å². The van der Waals surface area contributed by atoms with E-state index in [4.69, 9.17) is 10.8 Å². The van der Waals surface area contributed by atoms with Crippen LogP contribution < -0.4 is 5.73 Å². The zero-order chi connectivity index (χ0) is 10.3. The van der Waals surface area contributed by atoms with E-state index < -0.39 is 22.9 Å². The van der Waals surface area contributed by atoms with Gasteiger partial charge in [-0.2, -0.15) is 4.39 Å². The lowest BCUT2D eigenvalue weighted by atomic mass is 9.72. The van der Waals surface area contributed by atoms with Crippen LogP contribution in [0.1, 0.15) is 24.8 Å². The SMILES string of the molecule is NC1(c2ccc(O)c(F)c2O)CCC1. The van der Waals surface area contributed by atoms with Crippen LogP contribution in [0.15, 0.2) is 12.1 Å². The summed E-state index contributed by atoms with van der Waals surface area (Å²) in [6, 6.07) is 2.70. The van der Waals surface area contributed by atoms with Crippen LogP contribution in [0.2, 0.25) is 0 Å². The number of phenolic OH excluding ortho intramolecular Hbond substituents is 2. The molecular formula is C10H12FNO2. The van der Waals surface area contributed by atoms with Gasteiger partial charge in [-0.05, 0) is 31.4 Å². The van der Waals surface area contributed by atoms with Crippen molar-refractivity contribution in [3.05, 3.63) is 23.5 Å². The van der Waals surface area contributed by atoms with Crippen LogP contribution in [0.5, 0.6) is 11.5 Å². The summed E-state index contributed by atoms with van der Waals surface area (Å²) in [5.41, 5.74) is 5.71. The average Bonchev–Trinajstić information content (AvgIpc) is 2.11. The van der Waals surface area contributed by atoms with E-state index in [9.17, 15) is 9.50 Å². The van der Waals surface area contributed by atoms with Crippen LogP contribution in [0.4, 0.5) is 4.39 Å². The Morgan fingerprint density at radius 2 is 1.93 bits per heavy atom. The van der Waals surface area contributed by atoms with Crippen molar-refractivity contribution in [1.82, 2.24) is 0 Å². The fraction of sp³-hybridized carbons (Fsp3) is 0.400. The molecule has 1 fully saturated rings. The van der Waals surface area contributed by atoms with Gasteiger partial charge in [0, 0.05) is 11.1 Å². The van der Waals surface area contributed by atoms with Gasteiger partial charge in [0.25, 0.3) is 0 Å². The van der Waals surface area contributed by atoms with E-state index in [1.807, 2.05) is 0 Å². The molecule has 1 aromatic rings. The summed E-state index contributed by atoms with van der Waals surface area (Å²) in [7, 11) is 0. The van der Waals surface area contributed by atoms with Gasteiger partial charge in [0.05, 0.1) is 0 Å². The predicted octanol–water partition coefficient (Wildman–Crippen LogP) is 1.57. The van der Waals surface area contributed by atoms with Gasteiger partial charge >= 0.3 is 0 Å². The lowest BCUT2D eigenvalue weighted by Crippen LogP contribution is -2.43. The van der Waals surface area contributed by atoms with Gasteiger partial charge in [-0.1, -0.05) is 0 Å². The number of rotatable bonds is 1. The molecule has 1 aliphatic rings. The highest BCUT2D eigenvalue weighted by Gasteiger charge is 2.37. The number of nitrogens with two attached hydrogens (primary N) is 1. The van der Waals surface area contributed by atoms with Crippen molar-refractivity contribution < 1.29 is 14.6 Å². The minimum Gasteiger partial charge on any atom is -0.505 e. The second-order valence-electron chi connectivity index (χ2n) is 3.80. The largest absolute Gasteiger partial charge is 0.505 e. The van der Waals surface area contributed by atoms with E-state index in [1.165, 1.54) is 12.1 Å². The molecule has 1 aromatic carbocycles. The zero-order valence-corrected chi connectivity index (χ0v) is 7.63. The number of phenols is 2. The van der Waals surface area contributed by atoms with Gasteiger partial charge in [0.15, 0.2) is 11.5 Å². The molecule has 0 aliphatic heterocycles. The third kappa shape index (κ3) is 1.14. The van der Waals surface area contributed by atoms with Crippen LogP contribution in [-0.2, 0) is 5.54 Å². The van der Waals surface area contributed by atoms with E-state index in [1.54, 1.807) is 0 Å². The maximum atomic E-state index is 13.1.